The van der Waals surface area contributed by atoms with Gasteiger partial charge >= 0.3 is 5.88 Å². The first-order valence-electron chi connectivity index (χ1n) is 5.91. The molecule has 21 heavy (non-hydrogen) atoms. The number of aromatic nitrogens is 2. The molecule has 3 heterocycles. The molecule has 3 aromatic heterocycles. The first-order chi connectivity index (χ1) is 10.0. The highest BCUT2D eigenvalue weighted by molar-refractivity contribution is 7.13. The van der Waals surface area contributed by atoms with Crippen LogP contribution in [0.3, 0.4) is 0 Å². The number of aromatic hydroxyl groups is 1. The Kier molecular flexibility index (Phi) is 3.15. The van der Waals surface area contributed by atoms with E-state index in [-0.39, 0.29) is 11.8 Å². The van der Waals surface area contributed by atoms with E-state index in [4.69, 9.17) is 4.42 Å². The van der Waals surface area contributed by atoms with Crippen LogP contribution < -0.4 is 0 Å². The molecule has 0 atom stereocenters. The van der Waals surface area contributed by atoms with Crippen molar-refractivity contribution in [2.75, 3.05) is 0 Å². The molecule has 0 aliphatic carbocycles. The quantitative estimate of drug-likeness (QED) is 0.587. The van der Waals surface area contributed by atoms with Crippen molar-refractivity contribution in [3.05, 3.63) is 45.5 Å². The summed E-state index contributed by atoms with van der Waals surface area (Å²) in [5.41, 5.74) is 1.69. The van der Waals surface area contributed by atoms with E-state index >= 15 is 0 Å². The first-order valence-corrected chi connectivity index (χ1v) is 6.79. The van der Waals surface area contributed by atoms with Gasteiger partial charge in [0.25, 0.3) is 0 Å². The molecule has 3 aromatic rings. The molecular formula is C13H9N3O4S. The molecule has 8 heteroatoms. The van der Waals surface area contributed by atoms with Crippen LogP contribution in [0.1, 0.15) is 5.69 Å². The Morgan fingerprint density at radius 1 is 1.29 bits per heavy atom. The third-order valence-corrected chi connectivity index (χ3v) is 3.65. The van der Waals surface area contributed by atoms with Crippen molar-refractivity contribution < 1.29 is 14.4 Å². The molecule has 0 saturated carbocycles. The van der Waals surface area contributed by atoms with Crippen LogP contribution in [0.2, 0.25) is 0 Å². The minimum Gasteiger partial charge on any atom is -0.493 e. The highest BCUT2D eigenvalue weighted by Gasteiger charge is 2.17. The Morgan fingerprint density at radius 2 is 2.10 bits per heavy atom. The Morgan fingerprint density at radius 3 is 2.76 bits per heavy atom. The molecule has 0 aromatic carbocycles. The summed E-state index contributed by atoms with van der Waals surface area (Å²) < 4.78 is 5.10. The summed E-state index contributed by atoms with van der Waals surface area (Å²) >= 11 is 1.29. The van der Waals surface area contributed by atoms with E-state index < -0.39 is 4.92 Å². The van der Waals surface area contributed by atoms with Crippen LogP contribution in [-0.4, -0.2) is 20.0 Å². The second-order valence-electron chi connectivity index (χ2n) is 4.26. The molecule has 3 rings (SSSR count). The number of hydrogen-bond donors (Lipinski definition) is 1. The highest BCUT2D eigenvalue weighted by Crippen LogP contribution is 2.34. The fourth-order valence-corrected chi connectivity index (χ4v) is 2.61. The topological polar surface area (TPSA) is 102 Å². The molecular weight excluding hydrogens is 294 g/mol. The summed E-state index contributed by atoms with van der Waals surface area (Å²) in [6.07, 6.45) is 0. The predicted octanol–water partition coefficient (Wildman–Crippen LogP) is 3.39. The van der Waals surface area contributed by atoms with Crippen molar-refractivity contribution in [3.8, 4) is 27.9 Å². The normalized spacial score (nSPS) is 10.7. The van der Waals surface area contributed by atoms with Crippen molar-refractivity contribution in [2.45, 2.75) is 6.92 Å². The van der Waals surface area contributed by atoms with Crippen molar-refractivity contribution >= 4 is 17.2 Å². The smallest absolute Gasteiger partial charge is 0.433 e. The maximum Gasteiger partial charge on any atom is 0.433 e. The van der Waals surface area contributed by atoms with E-state index in [0.29, 0.717) is 27.7 Å². The molecule has 0 bridgehead atoms. The van der Waals surface area contributed by atoms with Gasteiger partial charge in [-0.3, -0.25) is 10.1 Å². The van der Waals surface area contributed by atoms with Gasteiger partial charge in [0.15, 0.2) is 5.76 Å². The Balaban J connectivity index is 1.97. The van der Waals surface area contributed by atoms with Gasteiger partial charge in [-0.25, -0.2) is 9.97 Å². The number of furan rings is 1. The lowest BCUT2D eigenvalue weighted by molar-refractivity contribution is -0.401. The van der Waals surface area contributed by atoms with E-state index in [0.717, 1.165) is 0 Å². The van der Waals surface area contributed by atoms with Gasteiger partial charge in [-0.1, -0.05) is 0 Å². The summed E-state index contributed by atoms with van der Waals surface area (Å²) in [6.45, 7) is 1.78. The molecule has 0 saturated heterocycles. The second kappa shape index (κ2) is 4.98. The molecule has 7 nitrogen and oxygen atoms in total. The van der Waals surface area contributed by atoms with E-state index in [1.54, 1.807) is 24.4 Å². The summed E-state index contributed by atoms with van der Waals surface area (Å²) in [5.74, 6) is -0.121. The number of aryl methyl sites for hydroxylation is 1. The van der Waals surface area contributed by atoms with Crippen LogP contribution >= 0.6 is 11.3 Å². The molecule has 0 fully saturated rings. The van der Waals surface area contributed by atoms with Crippen LogP contribution in [-0.2, 0) is 0 Å². The summed E-state index contributed by atoms with van der Waals surface area (Å²) in [6, 6.07) is 6.27. The number of hydrogen-bond acceptors (Lipinski definition) is 7. The minimum atomic E-state index is -0.605. The molecule has 106 valence electrons. The zero-order valence-corrected chi connectivity index (χ0v) is 11.6. The number of thiazole rings is 1. The lowest BCUT2D eigenvalue weighted by Crippen LogP contribution is -1.85. The van der Waals surface area contributed by atoms with Crippen LogP contribution in [0.5, 0.6) is 5.88 Å². The number of pyridine rings is 1. The number of nitro groups is 1. The fourth-order valence-electron chi connectivity index (χ4n) is 1.78. The Labute approximate surface area is 122 Å². The number of nitrogens with zero attached hydrogens (tertiary/aromatic N) is 3. The van der Waals surface area contributed by atoms with Crippen molar-refractivity contribution in [2.24, 2.45) is 0 Å². The zero-order valence-electron chi connectivity index (χ0n) is 10.8. The van der Waals surface area contributed by atoms with Gasteiger partial charge in [-0.05, 0) is 25.1 Å². The van der Waals surface area contributed by atoms with Crippen LogP contribution in [0.4, 0.5) is 5.88 Å². The molecule has 1 N–H and O–H groups in total. The van der Waals surface area contributed by atoms with E-state index in [1.807, 2.05) is 0 Å². The van der Waals surface area contributed by atoms with E-state index in [1.165, 1.54) is 23.5 Å². The molecule has 0 aliphatic rings. The Bertz CT molecular complexity index is 824. The van der Waals surface area contributed by atoms with Gasteiger partial charge in [-0.2, -0.15) is 0 Å². The lowest BCUT2D eigenvalue weighted by atomic mass is 10.2. The second-order valence-corrected chi connectivity index (χ2v) is 5.11. The minimum absolute atomic E-state index is 0.0960. The summed E-state index contributed by atoms with van der Waals surface area (Å²) in [4.78, 5) is 18.3. The largest absolute Gasteiger partial charge is 0.493 e. The van der Waals surface area contributed by atoms with Gasteiger partial charge in [0.05, 0.1) is 11.6 Å². The molecule has 0 unspecified atom stereocenters. The SMILES string of the molecule is Cc1ccc(-c2nc(-c3ccc([N+](=O)[O-])o3)cs2)c(O)n1. The van der Waals surface area contributed by atoms with Gasteiger partial charge in [0, 0.05) is 11.1 Å². The van der Waals surface area contributed by atoms with Gasteiger partial charge in [-0.15, -0.1) is 11.3 Å². The van der Waals surface area contributed by atoms with Crippen LogP contribution in [0, 0.1) is 17.0 Å². The first kappa shape index (κ1) is 13.3. The van der Waals surface area contributed by atoms with Gasteiger partial charge in [0.2, 0.25) is 5.88 Å². The highest BCUT2D eigenvalue weighted by atomic mass is 32.1. The molecule has 0 aliphatic heterocycles. The zero-order chi connectivity index (χ0) is 15.0. The van der Waals surface area contributed by atoms with E-state index in [9.17, 15) is 15.2 Å². The molecule has 0 radical (unpaired) electrons. The average Bonchev–Trinajstić information content (AvgIpc) is 3.07. The van der Waals surface area contributed by atoms with Crippen LogP contribution in [0.15, 0.2) is 34.1 Å². The third-order valence-electron chi connectivity index (χ3n) is 2.77. The Hall–Kier alpha value is -2.74. The predicted molar refractivity (Wildman–Crippen MR) is 76.1 cm³/mol. The summed E-state index contributed by atoms with van der Waals surface area (Å²) in [5, 5.41) is 22.7. The third kappa shape index (κ3) is 2.48. The standard InChI is InChI=1S/C13H9N3O4S/c1-7-2-3-8(12(17)14-7)13-15-9(6-21-13)10-4-5-11(20-10)16(18)19/h2-6H,1H3,(H,14,17). The number of rotatable bonds is 3. The maximum atomic E-state index is 10.6. The lowest BCUT2D eigenvalue weighted by Gasteiger charge is -2.00. The fraction of sp³-hybridized carbons (Fsp3) is 0.0769. The molecule has 0 amide bonds. The van der Waals surface area contributed by atoms with Gasteiger partial charge < -0.3 is 9.52 Å². The maximum absolute atomic E-state index is 10.6. The molecule has 0 spiro atoms. The van der Waals surface area contributed by atoms with Crippen molar-refractivity contribution in [1.82, 2.24) is 9.97 Å². The summed E-state index contributed by atoms with van der Waals surface area (Å²) in [7, 11) is 0. The average molecular weight is 303 g/mol. The van der Waals surface area contributed by atoms with E-state index in [2.05, 4.69) is 9.97 Å². The van der Waals surface area contributed by atoms with Crippen LogP contribution in [0.25, 0.3) is 22.0 Å². The van der Waals surface area contributed by atoms with Crippen molar-refractivity contribution in [3.63, 3.8) is 0 Å². The van der Waals surface area contributed by atoms with Crippen molar-refractivity contribution in [1.29, 1.82) is 0 Å². The van der Waals surface area contributed by atoms with Gasteiger partial charge in [0.1, 0.15) is 15.6 Å². The monoisotopic (exact) mass is 303 g/mol.